The molecular weight excluding hydrogens is 364 g/mol. The van der Waals surface area contributed by atoms with Crippen LogP contribution in [0, 0.1) is 11.8 Å². The second-order valence-corrected chi connectivity index (χ2v) is 7.51. The maximum Gasteiger partial charge on any atom is 0.225 e. The highest BCUT2D eigenvalue weighted by atomic mass is 16.5. The van der Waals surface area contributed by atoms with E-state index < -0.39 is 0 Å². The smallest absolute Gasteiger partial charge is 0.225 e. The molecule has 4 rings (SSSR count). The average molecular weight is 390 g/mol. The topological polar surface area (TPSA) is 61.8 Å². The van der Waals surface area contributed by atoms with Crippen LogP contribution in [0.5, 0.6) is 5.75 Å². The first kappa shape index (κ1) is 19.4. The number of aliphatic hydroxyl groups excluding tert-OH is 1. The van der Waals surface area contributed by atoms with E-state index in [9.17, 15) is 4.79 Å². The Morgan fingerprint density at radius 1 is 1.21 bits per heavy atom. The van der Waals surface area contributed by atoms with Crippen LogP contribution in [0.25, 0.3) is 0 Å². The predicted molar refractivity (Wildman–Crippen MR) is 115 cm³/mol. The third kappa shape index (κ3) is 4.08. The van der Waals surface area contributed by atoms with E-state index in [1.54, 1.807) is 7.11 Å². The lowest BCUT2D eigenvalue weighted by molar-refractivity contribution is -0.116. The van der Waals surface area contributed by atoms with Gasteiger partial charge in [0.15, 0.2) is 0 Å². The van der Waals surface area contributed by atoms with Crippen LogP contribution < -0.4 is 15.0 Å². The minimum absolute atomic E-state index is 0.00506. The summed E-state index contributed by atoms with van der Waals surface area (Å²) in [7, 11) is 1.68. The van der Waals surface area contributed by atoms with Crippen molar-refractivity contribution in [2.45, 2.75) is 31.6 Å². The van der Waals surface area contributed by atoms with Crippen molar-refractivity contribution in [3.63, 3.8) is 0 Å². The Morgan fingerprint density at radius 2 is 1.97 bits per heavy atom. The van der Waals surface area contributed by atoms with Crippen molar-refractivity contribution in [1.82, 2.24) is 0 Å². The van der Waals surface area contributed by atoms with Gasteiger partial charge in [-0.3, -0.25) is 4.79 Å². The second kappa shape index (κ2) is 8.59. The standard InChI is InChI=1S/C24H26N2O3/c1-29-23-16-21-20(14-22(23)26-11-3-4-12-26)19(15-24(28)25-21)18-9-7-17(8-10-18)6-2-5-13-27/h7-10,14,16,19,27H,3-5,11-13,15H2,1H3,(H,25,28). The molecule has 0 aliphatic carbocycles. The van der Waals surface area contributed by atoms with E-state index in [2.05, 4.69) is 40.3 Å². The third-order valence-corrected chi connectivity index (χ3v) is 5.62. The fourth-order valence-corrected chi connectivity index (χ4v) is 4.16. The molecule has 1 atom stereocenters. The normalized spacial score (nSPS) is 17.9. The number of hydrogen-bond acceptors (Lipinski definition) is 4. The highest BCUT2D eigenvalue weighted by molar-refractivity contribution is 5.96. The van der Waals surface area contributed by atoms with Crippen LogP contribution in [-0.4, -0.2) is 37.8 Å². The number of nitrogens with one attached hydrogen (secondary N) is 1. The van der Waals surface area contributed by atoms with E-state index in [0.717, 1.165) is 46.9 Å². The fraction of sp³-hybridized carbons (Fsp3) is 0.375. The lowest BCUT2D eigenvalue weighted by Gasteiger charge is -2.29. The van der Waals surface area contributed by atoms with E-state index in [4.69, 9.17) is 9.84 Å². The zero-order valence-corrected chi connectivity index (χ0v) is 16.7. The molecule has 1 unspecified atom stereocenters. The highest BCUT2D eigenvalue weighted by Crippen LogP contribution is 2.43. The van der Waals surface area contributed by atoms with Gasteiger partial charge in [0.05, 0.1) is 19.4 Å². The Bertz CT molecular complexity index is 951. The van der Waals surface area contributed by atoms with E-state index in [1.807, 2.05) is 18.2 Å². The van der Waals surface area contributed by atoms with Crippen molar-refractivity contribution in [1.29, 1.82) is 0 Å². The molecule has 2 aliphatic rings. The highest BCUT2D eigenvalue weighted by Gasteiger charge is 2.29. The van der Waals surface area contributed by atoms with Crippen molar-refractivity contribution in [3.05, 3.63) is 53.1 Å². The van der Waals surface area contributed by atoms with Gasteiger partial charge in [-0.15, -0.1) is 0 Å². The number of amides is 1. The van der Waals surface area contributed by atoms with Crippen molar-refractivity contribution < 1.29 is 14.6 Å². The summed E-state index contributed by atoms with van der Waals surface area (Å²) in [5.74, 6) is 6.82. The summed E-state index contributed by atoms with van der Waals surface area (Å²) in [6.07, 6.45) is 3.28. The molecule has 150 valence electrons. The van der Waals surface area contributed by atoms with Crippen molar-refractivity contribution in [2.24, 2.45) is 0 Å². The Kier molecular flexibility index (Phi) is 5.73. The van der Waals surface area contributed by atoms with Gasteiger partial charge in [0, 0.05) is 49.2 Å². The van der Waals surface area contributed by atoms with Gasteiger partial charge in [0.25, 0.3) is 0 Å². The van der Waals surface area contributed by atoms with E-state index in [0.29, 0.717) is 12.8 Å². The largest absolute Gasteiger partial charge is 0.495 e. The number of carbonyl (C=O) groups excluding carboxylic acids is 1. The quantitative estimate of drug-likeness (QED) is 0.785. The number of benzene rings is 2. The molecule has 2 N–H and O–H groups in total. The molecule has 1 amide bonds. The van der Waals surface area contributed by atoms with Crippen molar-refractivity contribution in [2.75, 3.05) is 37.0 Å². The summed E-state index contributed by atoms with van der Waals surface area (Å²) >= 11 is 0. The molecule has 0 bridgehead atoms. The number of aliphatic hydroxyl groups is 1. The third-order valence-electron chi connectivity index (χ3n) is 5.62. The van der Waals surface area contributed by atoms with Gasteiger partial charge in [-0.25, -0.2) is 0 Å². The molecule has 1 fully saturated rings. The molecule has 2 aromatic rings. The molecule has 2 heterocycles. The number of carbonyl (C=O) groups is 1. The van der Waals surface area contributed by atoms with Gasteiger partial charge >= 0.3 is 0 Å². The zero-order chi connectivity index (χ0) is 20.2. The summed E-state index contributed by atoms with van der Waals surface area (Å²) < 4.78 is 5.64. The number of nitrogens with zero attached hydrogens (tertiary/aromatic N) is 1. The molecule has 0 saturated carbocycles. The molecule has 5 nitrogen and oxygen atoms in total. The van der Waals surface area contributed by atoms with Crippen LogP contribution in [-0.2, 0) is 4.79 Å². The summed E-state index contributed by atoms with van der Waals surface area (Å²) in [5.41, 5.74) is 5.09. The Hall–Kier alpha value is -2.97. The first-order valence-electron chi connectivity index (χ1n) is 10.2. The minimum atomic E-state index is 0.00506. The molecular formula is C24H26N2O3. The van der Waals surface area contributed by atoms with Crippen LogP contribution >= 0.6 is 0 Å². The molecule has 0 aromatic heterocycles. The van der Waals surface area contributed by atoms with Gasteiger partial charge in [-0.05, 0) is 42.2 Å². The molecule has 0 spiro atoms. The number of anilines is 2. The Balaban J connectivity index is 1.70. The van der Waals surface area contributed by atoms with Gasteiger partial charge in [-0.2, -0.15) is 0 Å². The number of rotatable bonds is 4. The summed E-state index contributed by atoms with van der Waals surface area (Å²) in [6.45, 7) is 2.14. The van der Waals surface area contributed by atoms with Gasteiger partial charge in [0.2, 0.25) is 5.91 Å². The maximum absolute atomic E-state index is 12.4. The van der Waals surface area contributed by atoms with Crippen LogP contribution in [0.2, 0.25) is 0 Å². The van der Waals surface area contributed by atoms with Crippen LogP contribution in [0.1, 0.15) is 48.3 Å². The molecule has 1 saturated heterocycles. The molecule has 0 radical (unpaired) electrons. The molecule has 2 aromatic carbocycles. The summed E-state index contributed by atoms with van der Waals surface area (Å²) in [6, 6.07) is 12.2. The number of ether oxygens (including phenoxy) is 1. The van der Waals surface area contributed by atoms with Crippen molar-refractivity contribution in [3.8, 4) is 17.6 Å². The Morgan fingerprint density at radius 3 is 2.66 bits per heavy atom. The van der Waals surface area contributed by atoms with E-state index in [1.165, 1.54) is 12.8 Å². The summed E-state index contributed by atoms with van der Waals surface area (Å²) in [5, 5.41) is 11.9. The van der Waals surface area contributed by atoms with E-state index in [-0.39, 0.29) is 18.4 Å². The summed E-state index contributed by atoms with van der Waals surface area (Å²) in [4.78, 5) is 14.8. The first-order valence-corrected chi connectivity index (χ1v) is 10.2. The lowest BCUT2D eigenvalue weighted by Crippen LogP contribution is -2.25. The monoisotopic (exact) mass is 390 g/mol. The van der Waals surface area contributed by atoms with Crippen LogP contribution in [0.4, 0.5) is 11.4 Å². The maximum atomic E-state index is 12.4. The number of hydrogen-bond donors (Lipinski definition) is 2. The second-order valence-electron chi connectivity index (χ2n) is 7.51. The van der Waals surface area contributed by atoms with Crippen LogP contribution in [0.15, 0.2) is 36.4 Å². The predicted octanol–water partition coefficient (Wildman–Crippen LogP) is 3.50. The molecule has 5 heteroatoms. The molecule has 29 heavy (non-hydrogen) atoms. The van der Waals surface area contributed by atoms with E-state index >= 15 is 0 Å². The SMILES string of the molecule is COc1cc2c(cc1N1CCCC1)C(c1ccc(C#CCCO)cc1)CC(=O)N2. The van der Waals surface area contributed by atoms with Gasteiger partial charge in [-0.1, -0.05) is 24.0 Å². The minimum Gasteiger partial charge on any atom is -0.495 e. The first-order chi connectivity index (χ1) is 14.2. The number of methoxy groups -OCH3 is 1. The lowest BCUT2D eigenvalue weighted by atomic mass is 9.84. The van der Waals surface area contributed by atoms with Crippen LogP contribution in [0.3, 0.4) is 0 Å². The average Bonchev–Trinajstić information content (AvgIpc) is 3.27. The van der Waals surface area contributed by atoms with Gasteiger partial charge in [0.1, 0.15) is 5.75 Å². The number of fused-ring (bicyclic) bond motifs is 1. The fourth-order valence-electron chi connectivity index (χ4n) is 4.16. The van der Waals surface area contributed by atoms with Crippen molar-refractivity contribution >= 4 is 17.3 Å². The van der Waals surface area contributed by atoms with Gasteiger partial charge < -0.3 is 20.1 Å². The zero-order valence-electron chi connectivity index (χ0n) is 16.7. The molecule has 2 aliphatic heterocycles. The Labute approximate surface area is 171 Å².